The molecule has 0 spiro atoms. The van der Waals surface area contributed by atoms with Crippen LogP contribution in [-0.2, 0) is 0 Å². The Morgan fingerprint density at radius 2 is 2.37 bits per heavy atom. The van der Waals surface area contributed by atoms with Crippen molar-refractivity contribution in [2.24, 2.45) is 11.7 Å². The summed E-state index contributed by atoms with van der Waals surface area (Å²) in [5.41, 5.74) is 5.78. The molecule has 1 unspecified atom stereocenters. The molecule has 2 rings (SSSR count). The van der Waals surface area contributed by atoms with E-state index in [0.29, 0.717) is 5.92 Å². The minimum Gasteiger partial charge on any atom is -0.370 e. The highest BCUT2D eigenvalue weighted by atomic mass is 15.2. The molecule has 1 aliphatic rings. The molecule has 5 nitrogen and oxygen atoms in total. The Kier molecular flexibility index (Phi) is 5.39. The number of aromatic nitrogens is 2. The molecule has 1 saturated heterocycles. The van der Waals surface area contributed by atoms with Crippen molar-refractivity contribution in [3.05, 3.63) is 12.4 Å². The Morgan fingerprint density at radius 3 is 3.16 bits per heavy atom. The zero-order valence-corrected chi connectivity index (χ0v) is 11.8. The van der Waals surface area contributed by atoms with Gasteiger partial charge in [-0.3, -0.25) is 0 Å². The zero-order valence-electron chi connectivity index (χ0n) is 11.8. The second-order valence-electron chi connectivity index (χ2n) is 5.23. The van der Waals surface area contributed by atoms with Crippen molar-refractivity contribution in [3.63, 3.8) is 0 Å². The molecular weight excluding hydrogens is 238 g/mol. The molecule has 0 aromatic carbocycles. The first-order chi connectivity index (χ1) is 9.33. The van der Waals surface area contributed by atoms with Crippen molar-refractivity contribution in [1.82, 2.24) is 9.97 Å². The summed E-state index contributed by atoms with van der Waals surface area (Å²) in [6, 6.07) is 2.05. The third-order valence-electron chi connectivity index (χ3n) is 3.67. The van der Waals surface area contributed by atoms with Gasteiger partial charge >= 0.3 is 0 Å². The SMILES string of the molecule is CCCCNc1cc(N2CCCC(CN)C2)ncn1. The van der Waals surface area contributed by atoms with Gasteiger partial charge in [0.25, 0.3) is 0 Å². The van der Waals surface area contributed by atoms with E-state index in [1.807, 2.05) is 0 Å². The van der Waals surface area contributed by atoms with Gasteiger partial charge in [-0.15, -0.1) is 0 Å². The number of piperidine rings is 1. The number of hydrogen-bond donors (Lipinski definition) is 2. The fraction of sp³-hybridized carbons (Fsp3) is 0.714. The molecule has 1 fully saturated rings. The zero-order chi connectivity index (χ0) is 13.5. The average Bonchev–Trinajstić information content (AvgIpc) is 2.48. The van der Waals surface area contributed by atoms with E-state index in [9.17, 15) is 0 Å². The molecule has 5 heteroatoms. The van der Waals surface area contributed by atoms with Crippen LogP contribution in [0.25, 0.3) is 0 Å². The molecule has 0 aliphatic carbocycles. The molecule has 1 aromatic rings. The monoisotopic (exact) mass is 263 g/mol. The van der Waals surface area contributed by atoms with Gasteiger partial charge < -0.3 is 16.0 Å². The largest absolute Gasteiger partial charge is 0.370 e. The number of rotatable bonds is 6. The van der Waals surface area contributed by atoms with E-state index in [0.717, 1.165) is 44.2 Å². The fourth-order valence-corrected chi connectivity index (χ4v) is 2.48. The van der Waals surface area contributed by atoms with E-state index in [-0.39, 0.29) is 0 Å². The smallest absolute Gasteiger partial charge is 0.134 e. The normalized spacial score (nSPS) is 19.5. The van der Waals surface area contributed by atoms with Crippen LogP contribution in [0.15, 0.2) is 12.4 Å². The van der Waals surface area contributed by atoms with Gasteiger partial charge in [0.2, 0.25) is 0 Å². The van der Waals surface area contributed by atoms with Crippen LogP contribution < -0.4 is 16.0 Å². The molecule has 0 radical (unpaired) electrons. The first kappa shape index (κ1) is 14.1. The van der Waals surface area contributed by atoms with E-state index in [1.54, 1.807) is 6.33 Å². The number of anilines is 2. The maximum absolute atomic E-state index is 5.78. The summed E-state index contributed by atoms with van der Waals surface area (Å²) in [6.45, 7) is 6.01. The second-order valence-corrected chi connectivity index (χ2v) is 5.23. The number of nitrogens with two attached hydrogens (primary N) is 1. The first-order valence-corrected chi connectivity index (χ1v) is 7.34. The maximum Gasteiger partial charge on any atom is 0.134 e. The van der Waals surface area contributed by atoms with E-state index >= 15 is 0 Å². The van der Waals surface area contributed by atoms with Gasteiger partial charge in [-0.05, 0) is 31.7 Å². The van der Waals surface area contributed by atoms with Crippen molar-refractivity contribution in [3.8, 4) is 0 Å². The van der Waals surface area contributed by atoms with E-state index in [4.69, 9.17) is 5.73 Å². The standard InChI is InChI=1S/C14H25N5/c1-2-3-6-16-13-8-14(18-11-17-13)19-7-4-5-12(9-15)10-19/h8,11-12H,2-7,9-10,15H2,1H3,(H,16,17,18). The van der Waals surface area contributed by atoms with Crippen molar-refractivity contribution in [1.29, 1.82) is 0 Å². The molecule has 0 saturated carbocycles. The summed E-state index contributed by atoms with van der Waals surface area (Å²) >= 11 is 0. The van der Waals surface area contributed by atoms with Gasteiger partial charge in [0.05, 0.1) is 0 Å². The van der Waals surface area contributed by atoms with Gasteiger partial charge in [0, 0.05) is 25.7 Å². The third-order valence-corrected chi connectivity index (χ3v) is 3.67. The Hall–Kier alpha value is -1.36. The van der Waals surface area contributed by atoms with Crippen LogP contribution in [0.1, 0.15) is 32.6 Å². The van der Waals surface area contributed by atoms with Crippen LogP contribution in [0.4, 0.5) is 11.6 Å². The predicted molar refractivity (Wildman–Crippen MR) is 79.4 cm³/mol. The highest BCUT2D eigenvalue weighted by Gasteiger charge is 2.19. The summed E-state index contributed by atoms with van der Waals surface area (Å²) < 4.78 is 0. The molecule has 3 N–H and O–H groups in total. The quantitative estimate of drug-likeness (QED) is 0.767. The summed E-state index contributed by atoms with van der Waals surface area (Å²) in [5.74, 6) is 2.54. The molecule has 0 amide bonds. The minimum absolute atomic E-state index is 0.597. The van der Waals surface area contributed by atoms with Crippen LogP contribution in [0.5, 0.6) is 0 Å². The summed E-state index contributed by atoms with van der Waals surface area (Å²) in [4.78, 5) is 11.0. The van der Waals surface area contributed by atoms with Crippen molar-refractivity contribution < 1.29 is 0 Å². The van der Waals surface area contributed by atoms with Crippen molar-refractivity contribution in [2.45, 2.75) is 32.6 Å². The van der Waals surface area contributed by atoms with Crippen LogP contribution in [0.2, 0.25) is 0 Å². The van der Waals surface area contributed by atoms with Gasteiger partial charge in [-0.2, -0.15) is 0 Å². The number of nitrogens with zero attached hydrogens (tertiary/aromatic N) is 3. The number of hydrogen-bond acceptors (Lipinski definition) is 5. The third kappa shape index (κ3) is 4.06. The van der Waals surface area contributed by atoms with Gasteiger partial charge in [0.1, 0.15) is 18.0 Å². The first-order valence-electron chi connectivity index (χ1n) is 7.34. The van der Waals surface area contributed by atoms with Crippen LogP contribution in [0.3, 0.4) is 0 Å². The van der Waals surface area contributed by atoms with Gasteiger partial charge in [-0.25, -0.2) is 9.97 Å². The minimum atomic E-state index is 0.597. The van der Waals surface area contributed by atoms with Crippen LogP contribution >= 0.6 is 0 Å². The maximum atomic E-state index is 5.78. The Balaban J connectivity index is 1.97. The average molecular weight is 263 g/mol. The lowest BCUT2D eigenvalue weighted by molar-refractivity contribution is 0.421. The molecule has 0 bridgehead atoms. The Bertz CT molecular complexity index is 382. The molecule has 2 heterocycles. The van der Waals surface area contributed by atoms with E-state index < -0.39 is 0 Å². The molecule has 1 atom stereocenters. The lowest BCUT2D eigenvalue weighted by Gasteiger charge is -2.33. The van der Waals surface area contributed by atoms with Crippen LogP contribution in [-0.4, -0.2) is 36.1 Å². The highest BCUT2D eigenvalue weighted by molar-refractivity contribution is 5.48. The molecule has 19 heavy (non-hydrogen) atoms. The van der Waals surface area contributed by atoms with E-state index in [1.165, 1.54) is 19.3 Å². The fourth-order valence-electron chi connectivity index (χ4n) is 2.48. The lowest BCUT2D eigenvalue weighted by atomic mass is 9.98. The lowest BCUT2D eigenvalue weighted by Crippen LogP contribution is -2.38. The Labute approximate surface area is 115 Å². The van der Waals surface area contributed by atoms with Gasteiger partial charge in [-0.1, -0.05) is 13.3 Å². The summed E-state index contributed by atoms with van der Waals surface area (Å²) in [5, 5.41) is 3.35. The summed E-state index contributed by atoms with van der Waals surface area (Å²) in [6.07, 6.45) is 6.44. The van der Waals surface area contributed by atoms with Crippen LogP contribution in [0, 0.1) is 5.92 Å². The van der Waals surface area contributed by atoms with Crippen molar-refractivity contribution >= 4 is 11.6 Å². The predicted octanol–water partition coefficient (Wildman–Crippen LogP) is 1.86. The molecule has 1 aliphatic heterocycles. The number of nitrogens with one attached hydrogen (secondary N) is 1. The second kappa shape index (κ2) is 7.28. The van der Waals surface area contributed by atoms with Crippen molar-refractivity contribution in [2.75, 3.05) is 36.4 Å². The molecular formula is C14H25N5. The van der Waals surface area contributed by atoms with Gasteiger partial charge in [0.15, 0.2) is 0 Å². The molecule has 106 valence electrons. The van der Waals surface area contributed by atoms with E-state index in [2.05, 4.69) is 33.2 Å². The highest BCUT2D eigenvalue weighted by Crippen LogP contribution is 2.22. The topological polar surface area (TPSA) is 67.1 Å². The molecule has 1 aromatic heterocycles. The summed E-state index contributed by atoms with van der Waals surface area (Å²) in [7, 11) is 0. The Morgan fingerprint density at radius 1 is 1.47 bits per heavy atom. The number of unbranched alkanes of at least 4 members (excludes halogenated alkanes) is 1.